The Kier molecular flexibility index (Phi) is 13.3. The minimum absolute atomic E-state index is 0. The second-order valence-corrected chi connectivity index (χ2v) is 10.7. The molecule has 0 aliphatic rings. The van der Waals surface area contributed by atoms with Crippen LogP contribution in [0.4, 0.5) is 17.1 Å². The van der Waals surface area contributed by atoms with Crippen molar-refractivity contribution in [3.05, 3.63) is 200 Å². The molecule has 0 fully saturated rings. The molecule has 0 aliphatic carbocycles. The van der Waals surface area contributed by atoms with Gasteiger partial charge in [-0.25, -0.2) is 0 Å². The SMILES string of the molecule is C.C=Cc1ccc(N(c2ccc(C=C)cc2)c2ccc(-c3cc[c-]c(-c4ccccn4)c3)cc2)cc1.[Ir].[c-]1ccccc1-c1ccccn1. The average Bonchev–Trinajstić information content (AvgIpc) is 3.17. The average molecular weight is 812 g/mol. The van der Waals surface area contributed by atoms with Crippen molar-refractivity contribution in [2.24, 2.45) is 0 Å². The van der Waals surface area contributed by atoms with Crippen molar-refractivity contribution in [1.82, 2.24) is 9.97 Å². The first-order valence-electron chi connectivity index (χ1n) is 15.4. The van der Waals surface area contributed by atoms with Gasteiger partial charge in [-0.2, -0.15) is 0 Å². The third-order valence-electron chi connectivity index (χ3n) is 7.63. The molecular formula is C45H37IrN3-2. The number of anilines is 3. The van der Waals surface area contributed by atoms with Gasteiger partial charge in [0.25, 0.3) is 0 Å². The van der Waals surface area contributed by atoms with Gasteiger partial charge in [0.1, 0.15) is 0 Å². The van der Waals surface area contributed by atoms with Crippen LogP contribution in [0.25, 0.3) is 45.8 Å². The Morgan fingerprint density at radius 2 is 0.980 bits per heavy atom. The van der Waals surface area contributed by atoms with Crippen molar-refractivity contribution in [3.63, 3.8) is 0 Å². The molecule has 2 aromatic heterocycles. The number of aromatic nitrogens is 2. The molecule has 4 heteroatoms. The Hall–Kier alpha value is -5.67. The van der Waals surface area contributed by atoms with E-state index in [-0.39, 0.29) is 27.5 Å². The van der Waals surface area contributed by atoms with Crippen LogP contribution in [0.1, 0.15) is 18.6 Å². The van der Waals surface area contributed by atoms with Gasteiger partial charge in [0, 0.05) is 49.6 Å². The number of hydrogen-bond donors (Lipinski definition) is 0. The normalized spacial score (nSPS) is 9.88. The zero-order valence-electron chi connectivity index (χ0n) is 26.3. The Morgan fingerprint density at radius 3 is 1.45 bits per heavy atom. The van der Waals surface area contributed by atoms with Crippen LogP contribution in [0, 0.1) is 12.1 Å². The van der Waals surface area contributed by atoms with Crippen molar-refractivity contribution in [1.29, 1.82) is 0 Å². The Balaban J connectivity index is 0.000000326. The third-order valence-corrected chi connectivity index (χ3v) is 7.63. The number of pyridine rings is 2. The minimum Gasteiger partial charge on any atom is -0.311 e. The van der Waals surface area contributed by atoms with E-state index < -0.39 is 0 Å². The quantitative estimate of drug-likeness (QED) is 0.143. The first-order chi connectivity index (χ1) is 23.2. The van der Waals surface area contributed by atoms with Gasteiger partial charge in [0.05, 0.1) is 0 Å². The summed E-state index contributed by atoms with van der Waals surface area (Å²) in [6.07, 6.45) is 7.31. The van der Waals surface area contributed by atoms with Gasteiger partial charge < -0.3 is 14.9 Å². The molecule has 0 atom stereocenters. The molecule has 0 saturated heterocycles. The van der Waals surface area contributed by atoms with Gasteiger partial charge in [-0.05, 0) is 76.6 Å². The molecule has 0 spiro atoms. The summed E-state index contributed by atoms with van der Waals surface area (Å²) in [5, 5.41) is 0. The second kappa shape index (κ2) is 18.0. The van der Waals surface area contributed by atoms with Crippen LogP contribution in [0.15, 0.2) is 177 Å². The largest absolute Gasteiger partial charge is 0.311 e. The fourth-order valence-corrected chi connectivity index (χ4v) is 5.16. The van der Waals surface area contributed by atoms with Crippen LogP contribution in [0.3, 0.4) is 0 Å². The number of rotatable bonds is 8. The standard InChI is InChI=1S/C33H25N2.C11H8N.CH4.Ir/c1-3-25-11-17-30(18-12-25)35(31-19-13-26(4-2)14-20-31)32-21-15-27(16-22-32)28-8-7-9-29(24-28)33-10-5-6-23-34-33;1-2-6-10(7-3-1)11-8-4-5-9-12-11;;/h3-8,10-24H,1-2H2;1-6,8-9H;1H4;/q2*-1;;. The maximum Gasteiger partial charge on any atom is 0.0462 e. The molecule has 1 radical (unpaired) electrons. The molecule has 0 aliphatic heterocycles. The number of hydrogen-bond acceptors (Lipinski definition) is 3. The van der Waals surface area contributed by atoms with Crippen molar-refractivity contribution >= 4 is 29.2 Å². The molecule has 7 rings (SSSR count). The molecule has 0 amide bonds. The Morgan fingerprint density at radius 1 is 0.490 bits per heavy atom. The third kappa shape index (κ3) is 9.24. The van der Waals surface area contributed by atoms with E-state index in [4.69, 9.17) is 0 Å². The summed E-state index contributed by atoms with van der Waals surface area (Å²) in [6.45, 7) is 7.75. The fraction of sp³-hybridized carbons (Fsp3) is 0.0222. The van der Waals surface area contributed by atoms with Crippen LogP contribution >= 0.6 is 0 Å². The predicted molar refractivity (Wildman–Crippen MR) is 204 cm³/mol. The summed E-state index contributed by atoms with van der Waals surface area (Å²) in [6, 6.07) is 57.7. The number of nitrogens with zero attached hydrogens (tertiary/aromatic N) is 3. The minimum atomic E-state index is 0. The van der Waals surface area contributed by atoms with E-state index in [0.717, 1.165) is 61.8 Å². The van der Waals surface area contributed by atoms with E-state index in [1.165, 1.54) is 0 Å². The van der Waals surface area contributed by atoms with Crippen molar-refractivity contribution < 1.29 is 20.1 Å². The molecule has 49 heavy (non-hydrogen) atoms. The zero-order chi connectivity index (χ0) is 32.3. The maximum absolute atomic E-state index is 4.46. The molecule has 0 saturated carbocycles. The Bertz CT molecular complexity index is 1940. The molecule has 7 aromatic rings. The molecule has 5 aromatic carbocycles. The van der Waals surface area contributed by atoms with E-state index in [9.17, 15) is 0 Å². The molecular weight excluding hydrogens is 775 g/mol. The monoisotopic (exact) mass is 812 g/mol. The summed E-state index contributed by atoms with van der Waals surface area (Å²) >= 11 is 0. The zero-order valence-corrected chi connectivity index (χ0v) is 28.7. The summed E-state index contributed by atoms with van der Waals surface area (Å²) in [5.74, 6) is 0. The van der Waals surface area contributed by atoms with Crippen LogP contribution in [0.2, 0.25) is 0 Å². The van der Waals surface area contributed by atoms with Crippen LogP contribution in [-0.2, 0) is 20.1 Å². The molecule has 0 N–H and O–H groups in total. The summed E-state index contributed by atoms with van der Waals surface area (Å²) in [5.41, 5.74) is 11.6. The van der Waals surface area contributed by atoms with E-state index >= 15 is 0 Å². The van der Waals surface area contributed by atoms with Crippen molar-refractivity contribution in [3.8, 4) is 33.6 Å². The van der Waals surface area contributed by atoms with Gasteiger partial charge in [-0.15, -0.1) is 71.3 Å². The summed E-state index contributed by atoms with van der Waals surface area (Å²) in [4.78, 5) is 10.9. The molecule has 2 heterocycles. The van der Waals surface area contributed by atoms with Crippen LogP contribution in [0.5, 0.6) is 0 Å². The van der Waals surface area contributed by atoms with Crippen LogP contribution < -0.4 is 4.90 Å². The van der Waals surface area contributed by atoms with Gasteiger partial charge >= 0.3 is 0 Å². The van der Waals surface area contributed by atoms with E-state index in [1.807, 2.05) is 85.1 Å². The van der Waals surface area contributed by atoms with E-state index in [2.05, 4.69) is 125 Å². The van der Waals surface area contributed by atoms with Gasteiger partial charge in [-0.1, -0.05) is 93.4 Å². The topological polar surface area (TPSA) is 29.0 Å². The van der Waals surface area contributed by atoms with Gasteiger partial charge in [0.15, 0.2) is 0 Å². The van der Waals surface area contributed by atoms with Gasteiger partial charge in [0.2, 0.25) is 0 Å². The summed E-state index contributed by atoms with van der Waals surface area (Å²) in [7, 11) is 0. The van der Waals surface area contributed by atoms with E-state index in [0.29, 0.717) is 0 Å². The smallest absolute Gasteiger partial charge is 0.0462 e. The second-order valence-electron chi connectivity index (χ2n) is 10.7. The van der Waals surface area contributed by atoms with Gasteiger partial charge in [-0.3, -0.25) is 0 Å². The van der Waals surface area contributed by atoms with Crippen LogP contribution in [-0.4, -0.2) is 9.97 Å². The Labute approximate surface area is 304 Å². The number of benzene rings is 5. The first-order valence-corrected chi connectivity index (χ1v) is 15.4. The molecule has 3 nitrogen and oxygen atoms in total. The van der Waals surface area contributed by atoms with Crippen molar-refractivity contribution in [2.45, 2.75) is 7.43 Å². The molecule has 0 unspecified atom stereocenters. The predicted octanol–water partition coefficient (Wildman–Crippen LogP) is 12.2. The summed E-state index contributed by atoms with van der Waals surface area (Å²) < 4.78 is 0. The van der Waals surface area contributed by atoms with Crippen molar-refractivity contribution in [2.75, 3.05) is 4.90 Å². The molecule has 243 valence electrons. The molecule has 0 bridgehead atoms. The fourth-order valence-electron chi connectivity index (χ4n) is 5.16. The maximum atomic E-state index is 4.46. The first kappa shape index (κ1) is 36.2. The van der Waals surface area contributed by atoms with E-state index in [1.54, 1.807) is 6.20 Å².